The number of rotatable bonds is 8. The van der Waals surface area contributed by atoms with E-state index in [1.807, 2.05) is 65.6 Å². The van der Waals surface area contributed by atoms with E-state index in [0.29, 0.717) is 29.5 Å². The second-order valence-corrected chi connectivity index (χ2v) is 11.1. The van der Waals surface area contributed by atoms with Crippen LogP contribution < -0.4 is 4.90 Å². The molecule has 4 nitrogen and oxygen atoms in total. The molecule has 0 N–H and O–H groups in total. The van der Waals surface area contributed by atoms with Crippen LogP contribution in [0.5, 0.6) is 0 Å². The Hall–Kier alpha value is -3.15. The van der Waals surface area contributed by atoms with Crippen molar-refractivity contribution in [1.82, 2.24) is 4.90 Å². The number of amides is 1. The Morgan fingerprint density at radius 2 is 1.89 bits per heavy atom. The van der Waals surface area contributed by atoms with Crippen LogP contribution in [0, 0.1) is 6.92 Å². The number of benzene rings is 3. The molecule has 1 atom stereocenters. The molecule has 0 spiro atoms. The number of likely N-dealkylation sites (tertiary alicyclic amines) is 1. The third-order valence-electron chi connectivity index (χ3n) is 7.38. The van der Waals surface area contributed by atoms with Crippen molar-refractivity contribution in [3.63, 3.8) is 0 Å². The van der Waals surface area contributed by atoms with Gasteiger partial charge in [-0.05, 0) is 68.6 Å². The first-order valence-electron chi connectivity index (χ1n) is 13.2. The van der Waals surface area contributed by atoms with Crippen LogP contribution in [0.15, 0.2) is 82.6 Å². The highest BCUT2D eigenvalue weighted by molar-refractivity contribution is 8.04. The lowest BCUT2D eigenvalue weighted by molar-refractivity contribution is -0.114. The van der Waals surface area contributed by atoms with Crippen molar-refractivity contribution in [2.24, 2.45) is 0 Å². The molecule has 37 heavy (non-hydrogen) atoms. The fourth-order valence-electron chi connectivity index (χ4n) is 5.41. The van der Waals surface area contributed by atoms with E-state index in [1.54, 1.807) is 0 Å². The van der Waals surface area contributed by atoms with Gasteiger partial charge < -0.3 is 9.80 Å². The smallest absolute Gasteiger partial charge is 0.265 e. The van der Waals surface area contributed by atoms with E-state index in [4.69, 9.17) is 0 Å². The molecule has 0 saturated carbocycles. The summed E-state index contributed by atoms with van der Waals surface area (Å²) in [6.07, 6.45) is 5.79. The molecule has 1 amide bonds. The quantitative estimate of drug-likeness (QED) is 0.239. The van der Waals surface area contributed by atoms with Gasteiger partial charge in [0.2, 0.25) is 0 Å². The van der Waals surface area contributed by atoms with Gasteiger partial charge in [-0.25, -0.2) is 0 Å². The number of carbonyl (C=O) groups is 2. The van der Waals surface area contributed by atoms with Gasteiger partial charge in [-0.2, -0.15) is 0 Å². The predicted molar refractivity (Wildman–Crippen MR) is 153 cm³/mol. The van der Waals surface area contributed by atoms with Gasteiger partial charge in [-0.1, -0.05) is 84.9 Å². The zero-order valence-corrected chi connectivity index (χ0v) is 22.5. The molecule has 2 aliphatic rings. The summed E-state index contributed by atoms with van der Waals surface area (Å²) in [5.74, 6) is 0.126. The maximum atomic E-state index is 13.8. The molecule has 5 rings (SSSR count). The number of hydrogen-bond donors (Lipinski definition) is 0. The summed E-state index contributed by atoms with van der Waals surface area (Å²) < 4.78 is 0. The number of fused-ring (bicyclic) bond motifs is 1. The number of ketones is 1. The summed E-state index contributed by atoms with van der Waals surface area (Å²) >= 11 is 1.49. The maximum absolute atomic E-state index is 13.8. The minimum atomic E-state index is -0.0306. The van der Waals surface area contributed by atoms with Gasteiger partial charge in [-0.15, -0.1) is 0 Å². The summed E-state index contributed by atoms with van der Waals surface area (Å²) in [7, 11) is 0. The largest absolute Gasteiger partial charge is 0.302 e. The van der Waals surface area contributed by atoms with Crippen molar-refractivity contribution in [2.45, 2.75) is 57.0 Å². The molecule has 5 heteroatoms. The number of carbonyl (C=O) groups excluding carboxylic acids is 2. The number of nitrogens with zero attached hydrogens (tertiary/aromatic N) is 2. The van der Waals surface area contributed by atoms with Gasteiger partial charge in [0.25, 0.3) is 5.91 Å². The zero-order chi connectivity index (χ0) is 25.8. The fraction of sp³-hybridized carbons (Fsp3) is 0.312. The molecular weight excluding hydrogens is 476 g/mol. The van der Waals surface area contributed by atoms with E-state index in [1.165, 1.54) is 24.6 Å². The van der Waals surface area contributed by atoms with Gasteiger partial charge in [0.05, 0.1) is 17.1 Å². The molecule has 1 fully saturated rings. The molecule has 0 aliphatic carbocycles. The van der Waals surface area contributed by atoms with E-state index < -0.39 is 0 Å². The summed E-state index contributed by atoms with van der Waals surface area (Å²) in [6, 6.07) is 24.6. The Bertz CT molecular complexity index is 1320. The van der Waals surface area contributed by atoms with E-state index in [0.717, 1.165) is 46.8 Å². The monoisotopic (exact) mass is 510 g/mol. The SMILES string of the molecule is CCN1CCCC1CCC(=O)c1ccc2c(c1)N(Cc1cccc(C)c1)C(=O)/C(=C/c1ccccc1)S2. The molecule has 190 valence electrons. The lowest BCUT2D eigenvalue weighted by Gasteiger charge is -2.31. The van der Waals surface area contributed by atoms with Crippen LogP contribution in [0.1, 0.15) is 59.7 Å². The molecule has 2 heterocycles. The van der Waals surface area contributed by atoms with Crippen molar-refractivity contribution in [3.05, 3.63) is 100.0 Å². The molecule has 1 saturated heterocycles. The van der Waals surface area contributed by atoms with Crippen molar-refractivity contribution < 1.29 is 9.59 Å². The van der Waals surface area contributed by atoms with Gasteiger partial charge in [0, 0.05) is 22.9 Å². The van der Waals surface area contributed by atoms with Crippen molar-refractivity contribution in [1.29, 1.82) is 0 Å². The van der Waals surface area contributed by atoms with Crippen molar-refractivity contribution in [3.8, 4) is 0 Å². The first-order chi connectivity index (χ1) is 18.0. The highest BCUT2D eigenvalue weighted by atomic mass is 32.2. The average Bonchev–Trinajstić information content (AvgIpc) is 3.38. The average molecular weight is 511 g/mol. The third kappa shape index (κ3) is 5.89. The Kier molecular flexibility index (Phi) is 7.92. The summed E-state index contributed by atoms with van der Waals surface area (Å²) in [5.41, 5.74) is 4.75. The second kappa shape index (κ2) is 11.5. The summed E-state index contributed by atoms with van der Waals surface area (Å²) in [4.78, 5) is 33.0. The third-order valence-corrected chi connectivity index (χ3v) is 8.46. The van der Waals surface area contributed by atoms with Gasteiger partial charge in [0.1, 0.15) is 0 Å². The molecule has 3 aromatic carbocycles. The maximum Gasteiger partial charge on any atom is 0.265 e. The number of hydrogen-bond acceptors (Lipinski definition) is 4. The molecule has 0 aromatic heterocycles. The van der Waals surface area contributed by atoms with Crippen LogP contribution in [0.2, 0.25) is 0 Å². The Morgan fingerprint density at radius 1 is 1.05 bits per heavy atom. The minimum absolute atomic E-state index is 0.0306. The van der Waals surface area contributed by atoms with Gasteiger partial charge in [-0.3, -0.25) is 9.59 Å². The van der Waals surface area contributed by atoms with Crippen LogP contribution in [0.3, 0.4) is 0 Å². The molecule has 0 radical (unpaired) electrons. The summed E-state index contributed by atoms with van der Waals surface area (Å²) in [5, 5.41) is 0. The second-order valence-electron chi connectivity index (χ2n) is 9.97. The first-order valence-corrected chi connectivity index (χ1v) is 14.1. The van der Waals surface area contributed by atoms with E-state index in [2.05, 4.69) is 36.9 Å². The van der Waals surface area contributed by atoms with Crippen LogP contribution in [0.25, 0.3) is 6.08 Å². The van der Waals surface area contributed by atoms with Crippen LogP contribution in [-0.2, 0) is 11.3 Å². The van der Waals surface area contributed by atoms with Crippen molar-refractivity contribution in [2.75, 3.05) is 18.0 Å². The van der Waals surface area contributed by atoms with E-state index in [-0.39, 0.29) is 11.7 Å². The number of thioether (sulfide) groups is 1. The lowest BCUT2D eigenvalue weighted by Crippen LogP contribution is -2.34. The van der Waals surface area contributed by atoms with Crippen LogP contribution in [-0.4, -0.2) is 35.7 Å². The van der Waals surface area contributed by atoms with Crippen molar-refractivity contribution >= 4 is 35.2 Å². The Morgan fingerprint density at radius 3 is 2.68 bits per heavy atom. The molecular formula is C32H34N2O2S. The normalized spacial score (nSPS) is 18.9. The van der Waals surface area contributed by atoms with E-state index >= 15 is 0 Å². The van der Waals surface area contributed by atoms with Gasteiger partial charge >= 0.3 is 0 Å². The van der Waals surface area contributed by atoms with Crippen LogP contribution >= 0.6 is 11.8 Å². The number of anilines is 1. The number of aryl methyl sites for hydroxylation is 1. The van der Waals surface area contributed by atoms with E-state index in [9.17, 15) is 9.59 Å². The topological polar surface area (TPSA) is 40.6 Å². The molecule has 2 aliphatic heterocycles. The Labute approximate surface area is 224 Å². The lowest BCUT2D eigenvalue weighted by atomic mass is 10.0. The zero-order valence-electron chi connectivity index (χ0n) is 21.7. The highest BCUT2D eigenvalue weighted by Gasteiger charge is 2.30. The first kappa shape index (κ1) is 25.5. The highest BCUT2D eigenvalue weighted by Crippen LogP contribution is 2.43. The standard InChI is InChI=1S/C32H34N2O2S/c1-3-33-18-8-13-27(33)15-16-29(35)26-14-17-30-28(21-26)34(22-25-12-7-9-23(2)19-25)32(36)31(37-30)20-24-10-5-4-6-11-24/h4-7,9-12,14,17,19-21,27H,3,8,13,15-16,18,22H2,1-2H3/b31-20-. The molecule has 1 unspecified atom stereocenters. The molecule has 0 bridgehead atoms. The minimum Gasteiger partial charge on any atom is -0.302 e. The summed E-state index contributed by atoms with van der Waals surface area (Å²) in [6.45, 7) is 6.91. The Balaban J connectivity index is 1.44. The number of Topliss-reactive ketones (excluding diaryl/α,β-unsaturated/α-hetero) is 1. The fourth-order valence-corrected chi connectivity index (χ4v) is 6.45. The molecule has 3 aromatic rings. The van der Waals surface area contributed by atoms with Gasteiger partial charge in [0.15, 0.2) is 5.78 Å². The van der Waals surface area contributed by atoms with Crippen LogP contribution in [0.4, 0.5) is 5.69 Å². The predicted octanol–water partition coefficient (Wildman–Crippen LogP) is 7.12.